The molecule has 9 heteroatoms. The molecular formula is C26H23ClN4O4. The first-order chi connectivity index (χ1) is 17.0. The van der Waals surface area contributed by atoms with E-state index in [0.29, 0.717) is 39.9 Å². The normalized spacial score (nSPS) is 10.4. The van der Waals surface area contributed by atoms with Crippen molar-refractivity contribution >= 4 is 35.3 Å². The Labute approximate surface area is 208 Å². The number of amides is 2. The Morgan fingerprint density at radius 2 is 1.77 bits per heavy atom. The summed E-state index contributed by atoms with van der Waals surface area (Å²) >= 11 is 6.09. The number of nitrogens with zero attached hydrogens (tertiary/aromatic N) is 2. The zero-order valence-electron chi connectivity index (χ0n) is 19.0. The number of carbonyl (C=O) groups excluding carboxylic acids is 2. The third-order valence-corrected chi connectivity index (χ3v) is 4.85. The predicted octanol–water partition coefficient (Wildman–Crippen LogP) is 4.67. The van der Waals surface area contributed by atoms with E-state index in [0.717, 1.165) is 5.56 Å². The first-order valence-electron chi connectivity index (χ1n) is 10.7. The number of benzene rings is 3. The maximum atomic E-state index is 12.1. The Bertz CT molecular complexity index is 1240. The van der Waals surface area contributed by atoms with Crippen molar-refractivity contribution in [1.82, 2.24) is 5.43 Å². The number of ether oxygens (including phenoxy) is 2. The molecule has 0 saturated carbocycles. The number of nitriles is 1. The van der Waals surface area contributed by atoms with Gasteiger partial charge in [-0.3, -0.25) is 9.59 Å². The van der Waals surface area contributed by atoms with Crippen LogP contribution >= 0.6 is 11.6 Å². The lowest BCUT2D eigenvalue weighted by Crippen LogP contribution is -2.24. The van der Waals surface area contributed by atoms with E-state index in [-0.39, 0.29) is 6.61 Å². The molecule has 0 aromatic heterocycles. The van der Waals surface area contributed by atoms with Crippen LogP contribution in [0.4, 0.5) is 5.69 Å². The van der Waals surface area contributed by atoms with Crippen molar-refractivity contribution in [3.8, 4) is 17.6 Å². The smallest absolute Gasteiger partial charge is 0.249 e. The first-order valence-corrected chi connectivity index (χ1v) is 11.1. The van der Waals surface area contributed by atoms with Gasteiger partial charge in [0.25, 0.3) is 0 Å². The molecule has 0 bridgehead atoms. The topological polar surface area (TPSA) is 113 Å². The van der Waals surface area contributed by atoms with Crippen LogP contribution in [0.3, 0.4) is 0 Å². The van der Waals surface area contributed by atoms with Gasteiger partial charge in [-0.2, -0.15) is 10.4 Å². The van der Waals surface area contributed by atoms with Crippen molar-refractivity contribution in [2.75, 3.05) is 11.9 Å². The monoisotopic (exact) mass is 490 g/mol. The molecule has 0 fully saturated rings. The Balaban J connectivity index is 1.53. The highest BCUT2D eigenvalue weighted by Crippen LogP contribution is 2.22. The Kier molecular flexibility index (Phi) is 9.22. The molecule has 0 aliphatic rings. The van der Waals surface area contributed by atoms with Crippen LogP contribution < -0.4 is 20.2 Å². The fraction of sp³-hybridized carbons (Fsp3) is 0.154. The Morgan fingerprint density at radius 3 is 2.46 bits per heavy atom. The van der Waals surface area contributed by atoms with Crippen LogP contribution in [0.1, 0.15) is 30.0 Å². The number of hydrogen-bond donors (Lipinski definition) is 2. The molecule has 0 saturated heterocycles. The minimum Gasteiger partial charge on any atom is -0.494 e. The van der Waals surface area contributed by atoms with Crippen LogP contribution in [-0.2, 0) is 16.2 Å². The fourth-order valence-electron chi connectivity index (χ4n) is 2.95. The van der Waals surface area contributed by atoms with Crippen molar-refractivity contribution in [3.63, 3.8) is 0 Å². The minimum atomic E-state index is -0.577. The zero-order chi connectivity index (χ0) is 25.0. The van der Waals surface area contributed by atoms with Gasteiger partial charge in [-0.25, -0.2) is 5.43 Å². The molecule has 0 radical (unpaired) electrons. The summed E-state index contributed by atoms with van der Waals surface area (Å²) in [7, 11) is 0. The van der Waals surface area contributed by atoms with Crippen molar-refractivity contribution in [2.24, 2.45) is 5.10 Å². The number of hydrogen-bond acceptors (Lipinski definition) is 6. The van der Waals surface area contributed by atoms with E-state index in [1.807, 2.05) is 6.92 Å². The second kappa shape index (κ2) is 12.8. The highest BCUT2D eigenvalue weighted by Gasteiger charge is 2.10. The van der Waals surface area contributed by atoms with Crippen LogP contribution in [0.25, 0.3) is 0 Å². The summed E-state index contributed by atoms with van der Waals surface area (Å²) < 4.78 is 11.2. The zero-order valence-corrected chi connectivity index (χ0v) is 19.7. The average Bonchev–Trinajstić information content (AvgIpc) is 2.85. The summed E-state index contributed by atoms with van der Waals surface area (Å²) in [6.07, 6.45) is 0.990. The SMILES string of the molecule is CCOc1ccc(NC(=O)CC(=O)NN=Cc2cc(Cl)ccc2OCc2ccc(C#N)cc2)cc1. The molecule has 0 aliphatic carbocycles. The van der Waals surface area contributed by atoms with Crippen molar-refractivity contribution < 1.29 is 19.1 Å². The van der Waals surface area contributed by atoms with Gasteiger partial charge in [0, 0.05) is 16.3 Å². The summed E-state index contributed by atoms with van der Waals surface area (Å²) in [4.78, 5) is 24.2. The molecule has 2 amide bonds. The molecule has 3 rings (SSSR count). The van der Waals surface area contributed by atoms with Crippen molar-refractivity contribution in [2.45, 2.75) is 20.0 Å². The molecule has 0 unspecified atom stereocenters. The lowest BCUT2D eigenvalue weighted by atomic mass is 10.1. The molecule has 178 valence electrons. The maximum absolute atomic E-state index is 12.1. The van der Waals surface area contributed by atoms with E-state index in [1.54, 1.807) is 66.7 Å². The molecular weight excluding hydrogens is 468 g/mol. The Morgan fingerprint density at radius 1 is 1.03 bits per heavy atom. The summed E-state index contributed by atoms with van der Waals surface area (Å²) in [5.41, 5.74) is 4.88. The second-order valence-electron chi connectivity index (χ2n) is 7.26. The predicted molar refractivity (Wildman–Crippen MR) is 134 cm³/mol. The lowest BCUT2D eigenvalue weighted by Gasteiger charge is -2.10. The van der Waals surface area contributed by atoms with E-state index >= 15 is 0 Å². The summed E-state index contributed by atoms with van der Waals surface area (Å²) in [5, 5.41) is 15.9. The van der Waals surface area contributed by atoms with Crippen LogP contribution in [0.15, 0.2) is 71.8 Å². The largest absolute Gasteiger partial charge is 0.494 e. The highest BCUT2D eigenvalue weighted by molar-refractivity contribution is 6.30. The van der Waals surface area contributed by atoms with E-state index in [4.69, 9.17) is 26.3 Å². The maximum Gasteiger partial charge on any atom is 0.249 e. The van der Waals surface area contributed by atoms with Crippen molar-refractivity contribution in [1.29, 1.82) is 5.26 Å². The molecule has 3 aromatic rings. The molecule has 0 spiro atoms. The van der Waals surface area contributed by atoms with E-state index < -0.39 is 18.2 Å². The first kappa shape index (κ1) is 25.3. The van der Waals surface area contributed by atoms with Gasteiger partial charge in [-0.1, -0.05) is 23.7 Å². The number of anilines is 1. The second-order valence-corrected chi connectivity index (χ2v) is 7.69. The molecule has 3 aromatic carbocycles. The van der Waals surface area contributed by atoms with E-state index in [2.05, 4.69) is 21.9 Å². The van der Waals surface area contributed by atoms with Gasteiger partial charge in [0.15, 0.2) is 0 Å². The third-order valence-electron chi connectivity index (χ3n) is 4.61. The Hall–Kier alpha value is -4.35. The standard InChI is InChI=1S/C26H23ClN4O4/c1-2-34-23-10-8-22(9-11-23)30-25(32)14-26(33)31-29-16-20-13-21(27)7-12-24(20)35-17-19-5-3-18(15-28)4-6-19/h3-13,16H,2,14,17H2,1H3,(H,30,32)(H,31,33). The average molecular weight is 491 g/mol. The molecule has 0 heterocycles. The molecule has 0 aliphatic heterocycles. The van der Waals surface area contributed by atoms with Gasteiger partial charge < -0.3 is 14.8 Å². The third kappa shape index (κ3) is 8.18. The van der Waals surface area contributed by atoms with Crippen molar-refractivity contribution in [3.05, 3.63) is 88.4 Å². The van der Waals surface area contributed by atoms with Gasteiger partial charge in [0.05, 0.1) is 24.5 Å². The van der Waals surface area contributed by atoms with Gasteiger partial charge in [0.1, 0.15) is 24.5 Å². The number of rotatable bonds is 10. The lowest BCUT2D eigenvalue weighted by molar-refractivity contribution is -0.126. The number of hydrazone groups is 1. The number of halogens is 1. The van der Waals surface area contributed by atoms with Gasteiger partial charge in [-0.05, 0) is 67.1 Å². The van der Waals surface area contributed by atoms with E-state index in [1.165, 1.54) is 6.21 Å². The summed E-state index contributed by atoms with van der Waals surface area (Å²) in [5.74, 6) is 0.145. The van der Waals surface area contributed by atoms with Gasteiger partial charge in [-0.15, -0.1) is 0 Å². The quantitative estimate of drug-likeness (QED) is 0.243. The van der Waals surface area contributed by atoms with Gasteiger partial charge >= 0.3 is 0 Å². The summed E-state index contributed by atoms with van der Waals surface area (Å²) in [6.45, 7) is 2.70. The van der Waals surface area contributed by atoms with Crippen LogP contribution in [0.5, 0.6) is 11.5 Å². The summed E-state index contributed by atoms with van der Waals surface area (Å²) in [6, 6.07) is 21.0. The molecule has 0 atom stereocenters. The minimum absolute atomic E-state index is 0.270. The molecule has 2 N–H and O–H groups in total. The highest BCUT2D eigenvalue weighted by atomic mass is 35.5. The van der Waals surface area contributed by atoms with E-state index in [9.17, 15) is 9.59 Å². The van der Waals surface area contributed by atoms with Crippen LogP contribution in [0, 0.1) is 11.3 Å². The number of carbonyl (C=O) groups is 2. The number of nitrogens with one attached hydrogen (secondary N) is 2. The molecule has 35 heavy (non-hydrogen) atoms. The fourth-order valence-corrected chi connectivity index (χ4v) is 3.13. The van der Waals surface area contributed by atoms with Crippen LogP contribution in [0.2, 0.25) is 5.02 Å². The molecule has 8 nitrogen and oxygen atoms in total. The van der Waals surface area contributed by atoms with Crippen LogP contribution in [-0.4, -0.2) is 24.6 Å². The van der Waals surface area contributed by atoms with Gasteiger partial charge in [0.2, 0.25) is 11.8 Å².